The zero-order chi connectivity index (χ0) is 13.5. The van der Waals surface area contributed by atoms with Gasteiger partial charge in [0.05, 0.1) is 12.2 Å². The number of nitrogens with one attached hydrogen (secondary N) is 1. The lowest BCUT2D eigenvalue weighted by Crippen LogP contribution is -2.23. The molecule has 98 valence electrons. The van der Waals surface area contributed by atoms with Crippen molar-refractivity contribution >= 4 is 21.6 Å². The number of nitrogens with zero attached hydrogens (tertiary/aromatic N) is 1. The van der Waals surface area contributed by atoms with E-state index in [0.29, 0.717) is 12.6 Å². The smallest absolute Gasteiger partial charge is 0.0791 e. The van der Waals surface area contributed by atoms with Crippen LogP contribution in [0.2, 0.25) is 0 Å². The minimum absolute atomic E-state index is 0.364. The van der Waals surface area contributed by atoms with Crippen molar-refractivity contribution in [3.05, 3.63) is 28.2 Å². The molecule has 1 aromatic rings. The first-order valence-electron chi connectivity index (χ1n) is 6.35. The first-order chi connectivity index (χ1) is 8.63. The fourth-order valence-corrected chi connectivity index (χ4v) is 2.60. The largest absolute Gasteiger partial charge is 0.360 e. The van der Waals surface area contributed by atoms with E-state index in [1.807, 2.05) is 0 Å². The Bertz CT molecular complexity index is 423. The van der Waals surface area contributed by atoms with Crippen molar-refractivity contribution in [3.8, 4) is 12.3 Å². The first-order valence-corrected chi connectivity index (χ1v) is 7.14. The molecule has 0 aliphatic carbocycles. The average molecular weight is 309 g/mol. The van der Waals surface area contributed by atoms with Crippen LogP contribution in [0, 0.1) is 12.3 Å². The van der Waals surface area contributed by atoms with E-state index in [2.05, 4.69) is 71.0 Å². The molecule has 0 radical (unpaired) electrons. The standard InChI is InChI=1S/C15H21BrN2/c1-5-10-18(7-3)15-9-8-13(11-14(15)16)12(4)17-6-2/h1,8-9,11-12,17H,6-7,10H2,2-4H3. The second kappa shape index (κ2) is 7.45. The maximum Gasteiger partial charge on any atom is 0.0791 e. The third-order valence-corrected chi connectivity index (χ3v) is 3.62. The van der Waals surface area contributed by atoms with Crippen molar-refractivity contribution in [1.29, 1.82) is 0 Å². The molecule has 1 aromatic carbocycles. The van der Waals surface area contributed by atoms with Crippen molar-refractivity contribution in [2.45, 2.75) is 26.8 Å². The van der Waals surface area contributed by atoms with Gasteiger partial charge in [0.15, 0.2) is 0 Å². The van der Waals surface area contributed by atoms with Gasteiger partial charge in [0.25, 0.3) is 0 Å². The molecule has 0 aromatic heterocycles. The van der Waals surface area contributed by atoms with Crippen LogP contribution in [0.5, 0.6) is 0 Å². The molecule has 0 spiro atoms. The van der Waals surface area contributed by atoms with Crippen LogP contribution >= 0.6 is 15.9 Å². The molecule has 0 fully saturated rings. The van der Waals surface area contributed by atoms with Crippen LogP contribution < -0.4 is 10.2 Å². The van der Waals surface area contributed by atoms with E-state index in [1.54, 1.807) is 0 Å². The monoisotopic (exact) mass is 308 g/mol. The fraction of sp³-hybridized carbons (Fsp3) is 0.467. The van der Waals surface area contributed by atoms with Gasteiger partial charge in [-0.3, -0.25) is 0 Å². The summed E-state index contributed by atoms with van der Waals surface area (Å²) in [6, 6.07) is 6.82. The molecule has 1 N–H and O–H groups in total. The van der Waals surface area contributed by atoms with E-state index in [9.17, 15) is 0 Å². The van der Waals surface area contributed by atoms with E-state index >= 15 is 0 Å². The third-order valence-electron chi connectivity index (χ3n) is 2.99. The topological polar surface area (TPSA) is 15.3 Å². The van der Waals surface area contributed by atoms with Gasteiger partial charge in [-0.05, 0) is 54.0 Å². The molecule has 0 saturated carbocycles. The summed E-state index contributed by atoms with van der Waals surface area (Å²) >= 11 is 3.64. The van der Waals surface area contributed by atoms with E-state index in [1.165, 1.54) is 5.56 Å². The van der Waals surface area contributed by atoms with Gasteiger partial charge < -0.3 is 10.2 Å². The zero-order valence-electron chi connectivity index (χ0n) is 11.3. The van der Waals surface area contributed by atoms with Gasteiger partial charge in [-0.15, -0.1) is 6.42 Å². The maximum atomic E-state index is 5.39. The maximum absolute atomic E-state index is 5.39. The van der Waals surface area contributed by atoms with E-state index in [0.717, 1.165) is 23.2 Å². The molecular formula is C15H21BrN2. The normalized spacial score (nSPS) is 11.9. The summed E-state index contributed by atoms with van der Waals surface area (Å²) in [5.41, 5.74) is 2.44. The highest BCUT2D eigenvalue weighted by Crippen LogP contribution is 2.29. The lowest BCUT2D eigenvalue weighted by Gasteiger charge is -2.23. The van der Waals surface area contributed by atoms with Gasteiger partial charge in [-0.25, -0.2) is 0 Å². The Morgan fingerprint density at radius 1 is 1.44 bits per heavy atom. The van der Waals surface area contributed by atoms with Crippen LogP contribution in [0.3, 0.4) is 0 Å². The van der Waals surface area contributed by atoms with Crippen LogP contribution in [0.25, 0.3) is 0 Å². The van der Waals surface area contributed by atoms with Crippen LogP contribution in [0.4, 0.5) is 5.69 Å². The van der Waals surface area contributed by atoms with Crippen molar-refractivity contribution in [2.24, 2.45) is 0 Å². The Hall–Kier alpha value is -0.980. The summed E-state index contributed by atoms with van der Waals surface area (Å²) in [6.07, 6.45) is 5.39. The lowest BCUT2D eigenvalue weighted by atomic mass is 10.1. The molecule has 0 aliphatic rings. The summed E-state index contributed by atoms with van der Waals surface area (Å²) in [6.45, 7) is 8.91. The van der Waals surface area contributed by atoms with Gasteiger partial charge in [0.2, 0.25) is 0 Å². The number of benzene rings is 1. The molecular weight excluding hydrogens is 288 g/mol. The molecule has 1 rings (SSSR count). The molecule has 0 bridgehead atoms. The average Bonchev–Trinajstić information content (AvgIpc) is 2.36. The fourth-order valence-electron chi connectivity index (χ4n) is 1.95. The van der Waals surface area contributed by atoms with E-state index < -0.39 is 0 Å². The second-order valence-corrected chi connectivity index (χ2v) is 5.06. The number of hydrogen-bond donors (Lipinski definition) is 1. The highest BCUT2D eigenvalue weighted by Gasteiger charge is 2.10. The van der Waals surface area contributed by atoms with Gasteiger partial charge in [-0.1, -0.05) is 18.9 Å². The van der Waals surface area contributed by atoms with E-state index in [-0.39, 0.29) is 0 Å². The minimum atomic E-state index is 0.364. The number of terminal acetylenes is 1. The zero-order valence-corrected chi connectivity index (χ0v) is 12.9. The minimum Gasteiger partial charge on any atom is -0.360 e. The molecule has 1 unspecified atom stereocenters. The van der Waals surface area contributed by atoms with Crippen molar-refractivity contribution < 1.29 is 0 Å². The molecule has 0 aliphatic heterocycles. The van der Waals surface area contributed by atoms with Gasteiger partial charge in [0, 0.05) is 17.1 Å². The summed E-state index contributed by atoms with van der Waals surface area (Å²) in [7, 11) is 0. The Kier molecular flexibility index (Phi) is 6.24. The number of hydrogen-bond acceptors (Lipinski definition) is 2. The Balaban J connectivity index is 2.95. The summed E-state index contributed by atoms with van der Waals surface area (Å²) in [4.78, 5) is 2.17. The molecule has 0 heterocycles. The Morgan fingerprint density at radius 3 is 2.67 bits per heavy atom. The second-order valence-electron chi connectivity index (χ2n) is 4.21. The molecule has 18 heavy (non-hydrogen) atoms. The summed E-state index contributed by atoms with van der Waals surface area (Å²) in [5.74, 6) is 2.69. The molecule has 0 amide bonds. The molecule has 2 nitrogen and oxygen atoms in total. The third kappa shape index (κ3) is 3.76. The van der Waals surface area contributed by atoms with Crippen LogP contribution in [0.15, 0.2) is 22.7 Å². The van der Waals surface area contributed by atoms with Gasteiger partial charge in [-0.2, -0.15) is 0 Å². The van der Waals surface area contributed by atoms with Gasteiger partial charge >= 0.3 is 0 Å². The van der Waals surface area contributed by atoms with Gasteiger partial charge in [0.1, 0.15) is 0 Å². The molecule has 1 atom stereocenters. The quantitative estimate of drug-likeness (QED) is 0.808. The molecule has 0 saturated heterocycles. The van der Waals surface area contributed by atoms with E-state index in [4.69, 9.17) is 6.42 Å². The van der Waals surface area contributed by atoms with Crippen molar-refractivity contribution in [2.75, 3.05) is 24.5 Å². The number of halogens is 1. The van der Waals surface area contributed by atoms with Crippen molar-refractivity contribution in [3.63, 3.8) is 0 Å². The predicted molar refractivity (Wildman–Crippen MR) is 83.0 cm³/mol. The Labute approximate surface area is 119 Å². The SMILES string of the molecule is C#CCN(CC)c1ccc(C(C)NCC)cc1Br. The number of rotatable bonds is 6. The van der Waals surface area contributed by atoms with Crippen LogP contribution in [-0.2, 0) is 0 Å². The lowest BCUT2D eigenvalue weighted by molar-refractivity contribution is 0.598. The first kappa shape index (κ1) is 15.1. The summed E-state index contributed by atoms with van der Waals surface area (Å²) < 4.78 is 1.10. The molecule has 3 heteroatoms. The predicted octanol–water partition coefficient (Wildman–Crippen LogP) is 3.58. The highest BCUT2D eigenvalue weighted by molar-refractivity contribution is 9.10. The highest BCUT2D eigenvalue weighted by atomic mass is 79.9. The number of anilines is 1. The Morgan fingerprint density at radius 2 is 2.17 bits per heavy atom. The van der Waals surface area contributed by atoms with Crippen LogP contribution in [0.1, 0.15) is 32.4 Å². The summed E-state index contributed by atoms with van der Waals surface area (Å²) in [5, 5.41) is 3.41. The van der Waals surface area contributed by atoms with Crippen molar-refractivity contribution in [1.82, 2.24) is 5.32 Å². The van der Waals surface area contributed by atoms with Crippen LogP contribution in [-0.4, -0.2) is 19.6 Å².